The highest BCUT2D eigenvalue weighted by Crippen LogP contribution is 2.39. The van der Waals surface area contributed by atoms with Gasteiger partial charge in [-0.15, -0.1) is 4.72 Å². The highest BCUT2D eigenvalue weighted by Gasteiger charge is 2.32. The molecule has 9 heteroatoms. The maximum Gasteiger partial charge on any atom is 0.166 e. The molecule has 1 N–H and O–H groups in total. The summed E-state index contributed by atoms with van der Waals surface area (Å²) in [6, 6.07) is 2.16. The normalized spacial score (nSPS) is 19.3. The molecule has 1 aliphatic heterocycles. The molecule has 0 aromatic heterocycles. The summed E-state index contributed by atoms with van der Waals surface area (Å²) in [6.07, 6.45) is -0.446. The van der Waals surface area contributed by atoms with Crippen LogP contribution in [0.3, 0.4) is 0 Å². The summed E-state index contributed by atoms with van der Waals surface area (Å²) in [5, 5.41) is 3.48. The van der Waals surface area contributed by atoms with Crippen molar-refractivity contribution in [3.8, 4) is 11.5 Å². The van der Waals surface area contributed by atoms with Gasteiger partial charge in [-0.05, 0) is 39.3 Å². The van der Waals surface area contributed by atoms with E-state index in [2.05, 4.69) is 14.7 Å². The van der Waals surface area contributed by atoms with Gasteiger partial charge in [-0.3, -0.25) is 0 Å². The molecule has 1 aromatic carbocycles. The van der Waals surface area contributed by atoms with Gasteiger partial charge >= 0.3 is 0 Å². The van der Waals surface area contributed by atoms with E-state index >= 15 is 0 Å². The van der Waals surface area contributed by atoms with E-state index in [0.29, 0.717) is 11.3 Å². The number of rotatable bonds is 5. The Bertz CT molecular complexity index is 646. The highest BCUT2D eigenvalue weighted by atomic mass is 32.2. The summed E-state index contributed by atoms with van der Waals surface area (Å²) in [5.41, 5.74) is 8.92. The van der Waals surface area contributed by atoms with Gasteiger partial charge in [0.25, 0.3) is 0 Å². The fraction of sp³-hybridized carbons (Fsp3) is 0.600. The molecule has 2 rings (SSSR count). The van der Waals surface area contributed by atoms with Gasteiger partial charge in [-0.2, -0.15) is 0 Å². The number of nitrogens with zero attached hydrogens (tertiary/aromatic N) is 3. The Labute approximate surface area is 143 Å². The molecule has 0 amide bonds. The molecule has 7 nitrogen and oxygen atoms in total. The van der Waals surface area contributed by atoms with Gasteiger partial charge in [0.1, 0.15) is 23.3 Å². The molecule has 1 aliphatic rings. The zero-order valence-electron chi connectivity index (χ0n) is 14.1. The lowest BCUT2D eigenvalue weighted by Gasteiger charge is -2.30. The highest BCUT2D eigenvalue weighted by molar-refractivity contribution is 7.90. The van der Waals surface area contributed by atoms with E-state index in [1.807, 2.05) is 20.8 Å². The third kappa shape index (κ3) is 4.45. The standard InChI is InChI=1S/C15H21FN4O3S/c1-9(19-24(21)15(2,3)4)12-5-10(16)6-13-14(12)23-11(8-22-13)7-18-20-17/h5-6,9,11,19H,7-8H2,1-4H3/t9?,11-,24-/m1/s1. The van der Waals surface area contributed by atoms with Crippen molar-refractivity contribution in [3.63, 3.8) is 0 Å². The molecule has 0 saturated heterocycles. The molecule has 1 unspecified atom stereocenters. The summed E-state index contributed by atoms with van der Waals surface area (Å²) in [4.78, 5) is 2.70. The van der Waals surface area contributed by atoms with E-state index in [-0.39, 0.29) is 18.9 Å². The number of nitrogens with one attached hydrogen (secondary N) is 1. The van der Waals surface area contributed by atoms with Crippen LogP contribution in [-0.4, -0.2) is 28.6 Å². The van der Waals surface area contributed by atoms with Crippen LogP contribution in [0, 0.1) is 5.82 Å². The first kappa shape index (κ1) is 18.7. The van der Waals surface area contributed by atoms with Crippen LogP contribution >= 0.6 is 0 Å². The van der Waals surface area contributed by atoms with E-state index in [4.69, 9.17) is 15.0 Å². The number of hydrogen-bond acceptors (Lipinski definition) is 5. The predicted octanol–water partition coefficient (Wildman–Crippen LogP) is 3.39. The largest absolute Gasteiger partial charge is 0.598 e. The summed E-state index contributed by atoms with van der Waals surface area (Å²) < 4.78 is 40.0. The zero-order valence-corrected chi connectivity index (χ0v) is 14.9. The molecule has 3 atom stereocenters. The third-order valence-corrected chi connectivity index (χ3v) is 5.09. The van der Waals surface area contributed by atoms with Crippen LogP contribution in [0.1, 0.15) is 39.3 Å². The summed E-state index contributed by atoms with van der Waals surface area (Å²) in [6.45, 7) is 7.60. The lowest BCUT2D eigenvalue weighted by molar-refractivity contribution is 0.0944. The Kier molecular flexibility index (Phi) is 5.82. The average molecular weight is 356 g/mol. The summed E-state index contributed by atoms with van der Waals surface area (Å²) in [5.74, 6) is 0.208. The van der Waals surface area contributed by atoms with Crippen LogP contribution in [0.15, 0.2) is 17.2 Å². The van der Waals surface area contributed by atoms with Crippen LogP contribution in [0.4, 0.5) is 4.39 Å². The maximum atomic E-state index is 13.9. The Morgan fingerprint density at radius 1 is 1.54 bits per heavy atom. The Morgan fingerprint density at radius 3 is 2.88 bits per heavy atom. The monoisotopic (exact) mass is 356 g/mol. The second-order valence-electron chi connectivity index (χ2n) is 6.51. The molecule has 0 spiro atoms. The van der Waals surface area contributed by atoms with Crippen molar-refractivity contribution in [2.75, 3.05) is 13.2 Å². The van der Waals surface area contributed by atoms with Gasteiger partial charge in [0.15, 0.2) is 11.5 Å². The number of fused-ring (bicyclic) bond motifs is 1. The number of azide groups is 1. The molecule has 132 valence electrons. The van der Waals surface area contributed by atoms with Crippen molar-refractivity contribution < 1.29 is 18.4 Å². The van der Waals surface area contributed by atoms with Crippen LogP contribution < -0.4 is 14.2 Å². The molecule has 0 fully saturated rings. The van der Waals surface area contributed by atoms with Crippen LogP contribution in [0.5, 0.6) is 11.5 Å². The smallest absolute Gasteiger partial charge is 0.166 e. The summed E-state index contributed by atoms with van der Waals surface area (Å²) >= 11 is -1.32. The fourth-order valence-corrected chi connectivity index (χ4v) is 2.95. The molecule has 1 heterocycles. The Balaban J connectivity index is 2.27. The lowest BCUT2D eigenvalue weighted by atomic mass is 10.1. The number of hydrogen-bond donors (Lipinski definition) is 1. The third-order valence-electron chi connectivity index (χ3n) is 3.41. The van der Waals surface area contributed by atoms with Crippen molar-refractivity contribution in [3.05, 3.63) is 34.0 Å². The van der Waals surface area contributed by atoms with Crippen molar-refractivity contribution in [1.82, 2.24) is 4.72 Å². The first-order valence-corrected chi connectivity index (χ1v) is 8.69. The van der Waals surface area contributed by atoms with Crippen molar-refractivity contribution in [1.29, 1.82) is 0 Å². The minimum atomic E-state index is -1.32. The average Bonchev–Trinajstić information content (AvgIpc) is 2.51. The van der Waals surface area contributed by atoms with Gasteiger partial charge in [0.2, 0.25) is 0 Å². The van der Waals surface area contributed by atoms with Gasteiger partial charge in [-0.25, -0.2) is 4.39 Å². The molecule has 1 aromatic rings. The van der Waals surface area contributed by atoms with Crippen LogP contribution in [0.25, 0.3) is 10.4 Å². The van der Waals surface area contributed by atoms with Gasteiger partial charge in [-0.1, -0.05) is 5.11 Å². The molecule has 0 radical (unpaired) electrons. The second kappa shape index (κ2) is 7.48. The first-order chi connectivity index (χ1) is 11.2. The molecular formula is C15H21FN4O3S. The summed E-state index contributed by atoms with van der Waals surface area (Å²) in [7, 11) is 0. The van der Waals surface area contributed by atoms with Crippen molar-refractivity contribution >= 4 is 11.4 Å². The molecular weight excluding hydrogens is 335 g/mol. The first-order valence-electron chi connectivity index (χ1n) is 7.54. The molecule has 0 saturated carbocycles. The van der Waals surface area contributed by atoms with E-state index in [1.54, 1.807) is 6.92 Å². The van der Waals surface area contributed by atoms with Crippen LogP contribution in [-0.2, 0) is 11.4 Å². The SMILES string of the molecule is CC(N[S@+]([O-])C(C)(C)C)c1cc(F)cc2c1O[C@H](CN=[N+]=[N-])CO2. The second-order valence-corrected chi connectivity index (χ2v) is 8.51. The quantitative estimate of drug-likeness (QED) is 0.378. The fourth-order valence-electron chi connectivity index (χ4n) is 2.15. The van der Waals surface area contributed by atoms with E-state index < -0.39 is 34.1 Å². The maximum absolute atomic E-state index is 13.9. The van der Waals surface area contributed by atoms with Gasteiger partial charge in [0, 0.05) is 27.9 Å². The minimum Gasteiger partial charge on any atom is -0.598 e. The van der Waals surface area contributed by atoms with E-state index in [9.17, 15) is 8.94 Å². The van der Waals surface area contributed by atoms with E-state index in [0.717, 1.165) is 0 Å². The van der Waals surface area contributed by atoms with Crippen molar-refractivity contribution in [2.45, 2.75) is 44.6 Å². The minimum absolute atomic E-state index is 0.114. The predicted molar refractivity (Wildman–Crippen MR) is 89.8 cm³/mol. The van der Waals surface area contributed by atoms with Crippen LogP contribution in [0.2, 0.25) is 0 Å². The zero-order chi connectivity index (χ0) is 17.9. The number of ether oxygens (including phenoxy) is 2. The van der Waals surface area contributed by atoms with Gasteiger partial charge < -0.3 is 14.0 Å². The molecule has 0 bridgehead atoms. The number of benzene rings is 1. The van der Waals surface area contributed by atoms with Gasteiger partial charge in [0.05, 0.1) is 12.6 Å². The molecule has 0 aliphatic carbocycles. The van der Waals surface area contributed by atoms with Crippen molar-refractivity contribution in [2.24, 2.45) is 5.11 Å². The molecule has 24 heavy (non-hydrogen) atoms. The van der Waals surface area contributed by atoms with E-state index in [1.165, 1.54) is 12.1 Å². The Morgan fingerprint density at radius 2 is 2.25 bits per heavy atom. The Hall–Kier alpha value is -1.67. The lowest BCUT2D eigenvalue weighted by Crippen LogP contribution is -2.41. The number of halogens is 1. The topological polar surface area (TPSA) is 102 Å².